The molecule has 82 valence electrons. The lowest BCUT2D eigenvalue weighted by atomic mass is 10.2. The van der Waals surface area contributed by atoms with Crippen LogP contribution < -0.4 is 10.3 Å². The Morgan fingerprint density at radius 1 is 1.31 bits per heavy atom. The second-order valence-electron chi connectivity index (χ2n) is 3.13. The Morgan fingerprint density at radius 2 is 2.25 bits per heavy atom. The molecule has 0 fully saturated rings. The fourth-order valence-corrected chi connectivity index (χ4v) is 1.24. The lowest BCUT2D eigenvalue weighted by Crippen LogP contribution is -1.97. The highest BCUT2D eigenvalue weighted by Gasteiger charge is 1.98. The van der Waals surface area contributed by atoms with Gasteiger partial charge >= 0.3 is 0 Å². The number of ether oxygens (including phenoxy) is 1. The van der Waals surface area contributed by atoms with E-state index in [4.69, 9.17) is 4.74 Å². The number of benzene rings is 1. The molecule has 1 aromatic carbocycles. The van der Waals surface area contributed by atoms with Gasteiger partial charge < -0.3 is 4.74 Å². The fourth-order valence-electron chi connectivity index (χ4n) is 1.24. The van der Waals surface area contributed by atoms with E-state index in [1.807, 2.05) is 6.07 Å². The highest BCUT2D eigenvalue weighted by Crippen LogP contribution is 2.12. The highest BCUT2D eigenvalue weighted by atomic mass is 19.2. The molecule has 2 aromatic rings. The zero-order valence-electron chi connectivity index (χ0n) is 8.43. The molecule has 0 amide bonds. The molecule has 0 bridgehead atoms. The molecule has 1 aromatic heterocycles. The van der Waals surface area contributed by atoms with Gasteiger partial charge in [0.05, 0.1) is 11.9 Å². The Hall–Kier alpha value is -2.17. The largest absolute Gasteiger partial charge is 0.472 e. The van der Waals surface area contributed by atoms with Gasteiger partial charge in [-0.25, -0.2) is 10.5 Å². The summed E-state index contributed by atoms with van der Waals surface area (Å²) in [5.41, 5.74) is 2.84. The number of nitrogens with one attached hydrogen (secondary N) is 1. The summed E-state index contributed by atoms with van der Waals surface area (Å²) in [6.45, 7) is 0.328. The van der Waals surface area contributed by atoms with Crippen molar-refractivity contribution in [3.05, 3.63) is 48.4 Å². The fraction of sp³-hybridized carbons (Fsp3) is 0.0909. The summed E-state index contributed by atoms with van der Waals surface area (Å²) in [7, 11) is 0. The van der Waals surface area contributed by atoms with Gasteiger partial charge in [-0.15, -0.1) is 4.48 Å². The highest BCUT2D eigenvalue weighted by molar-refractivity contribution is 5.43. The molecular formula is C11H10FN3O. The van der Waals surface area contributed by atoms with E-state index in [-0.39, 0.29) is 0 Å². The van der Waals surface area contributed by atoms with Crippen LogP contribution in [0.5, 0.6) is 5.88 Å². The minimum Gasteiger partial charge on any atom is -0.472 e. The Balaban J connectivity index is 1.99. The third kappa shape index (κ3) is 2.66. The van der Waals surface area contributed by atoms with E-state index in [2.05, 4.69) is 9.97 Å². The predicted molar refractivity (Wildman–Crippen MR) is 57.5 cm³/mol. The van der Waals surface area contributed by atoms with E-state index < -0.39 is 0 Å². The van der Waals surface area contributed by atoms with Crippen molar-refractivity contribution < 1.29 is 9.22 Å². The lowest BCUT2D eigenvalue weighted by molar-refractivity contribution is 0.292. The first kappa shape index (κ1) is 10.4. The van der Waals surface area contributed by atoms with Crippen LogP contribution in [0.4, 0.5) is 10.2 Å². The molecule has 0 saturated heterocycles. The van der Waals surface area contributed by atoms with Gasteiger partial charge in [0.1, 0.15) is 6.61 Å². The van der Waals surface area contributed by atoms with Crippen molar-refractivity contribution in [3.63, 3.8) is 0 Å². The van der Waals surface area contributed by atoms with Crippen molar-refractivity contribution in [3.8, 4) is 5.88 Å². The molecule has 0 aliphatic rings. The Bertz CT molecular complexity index is 450. The quantitative estimate of drug-likeness (QED) is 0.802. The number of nitrogens with zero attached hydrogens (tertiary/aromatic N) is 2. The Morgan fingerprint density at radius 3 is 3.00 bits per heavy atom. The maximum Gasteiger partial charge on any atom is 0.232 e. The van der Waals surface area contributed by atoms with E-state index in [1.165, 1.54) is 6.20 Å². The molecule has 2 rings (SSSR count). The van der Waals surface area contributed by atoms with Crippen LogP contribution in [0.2, 0.25) is 0 Å². The van der Waals surface area contributed by atoms with Crippen LogP contribution in [-0.2, 0) is 6.61 Å². The minimum atomic E-state index is 0.328. The van der Waals surface area contributed by atoms with Gasteiger partial charge in [0.2, 0.25) is 5.88 Å². The third-order valence-electron chi connectivity index (χ3n) is 1.96. The topological polar surface area (TPSA) is 47.0 Å². The summed E-state index contributed by atoms with van der Waals surface area (Å²) in [6, 6.07) is 6.89. The van der Waals surface area contributed by atoms with E-state index in [1.54, 1.807) is 36.1 Å². The zero-order valence-corrected chi connectivity index (χ0v) is 8.43. The van der Waals surface area contributed by atoms with Gasteiger partial charge in [-0.2, -0.15) is 0 Å². The van der Waals surface area contributed by atoms with Crippen molar-refractivity contribution >= 4 is 5.69 Å². The summed E-state index contributed by atoms with van der Waals surface area (Å²) < 4.78 is 17.5. The van der Waals surface area contributed by atoms with E-state index in [0.717, 1.165) is 5.56 Å². The molecule has 16 heavy (non-hydrogen) atoms. The molecule has 1 N–H and O–H groups in total. The van der Waals surface area contributed by atoms with Crippen LogP contribution in [0.25, 0.3) is 0 Å². The molecule has 0 aliphatic heterocycles. The maximum atomic E-state index is 12.2. The number of rotatable bonds is 4. The summed E-state index contributed by atoms with van der Waals surface area (Å²) in [5, 5.41) is 0. The van der Waals surface area contributed by atoms with Gasteiger partial charge in [-0.1, -0.05) is 12.1 Å². The number of anilines is 1. The number of aromatic nitrogens is 2. The average Bonchev–Trinajstić information content (AvgIpc) is 2.38. The van der Waals surface area contributed by atoms with Crippen LogP contribution in [-0.4, -0.2) is 9.97 Å². The zero-order chi connectivity index (χ0) is 11.2. The molecule has 4 nitrogen and oxygen atoms in total. The monoisotopic (exact) mass is 219 g/mol. The van der Waals surface area contributed by atoms with Crippen molar-refractivity contribution in [2.24, 2.45) is 0 Å². The van der Waals surface area contributed by atoms with Crippen molar-refractivity contribution in [2.45, 2.75) is 6.61 Å². The molecule has 0 unspecified atom stereocenters. The Kier molecular flexibility index (Phi) is 3.28. The van der Waals surface area contributed by atoms with Crippen LogP contribution in [0.3, 0.4) is 0 Å². The summed E-state index contributed by atoms with van der Waals surface area (Å²) in [5.74, 6) is 0.445. The molecule has 0 spiro atoms. The summed E-state index contributed by atoms with van der Waals surface area (Å²) in [6.07, 6.45) is 4.65. The first-order valence-electron chi connectivity index (χ1n) is 4.73. The molecule has 5 heteroatoms. The minimum absolute atomic E-state index is 0.328. The normalized spacial score (nSPS) is 9.81. The first-order chi connectivity index (χ1) is 7.88. The molecule has 1 heterocycles. The first-order valence-corrected chi connectivity index (χ1v) is 4.73. The van der Waals surface area contributed by atoms with Crippen LogP contribution in [0.1, 0.15) is 5.56 Å². The van der Waals surface area contributed by atoms with Crippen LogP contribution in [0.15, 0.2) is 42.9 Å². The number of hydrogen-bond acceptors (Lipinski definition) is 4. The van der Waals surface area contributed by atoms with Crippen molar-refractivity contribution in [2.75, 3.05) is 5.54 Å². The van der Waals surface area contributed by atoms with E-state index in [9.17, 15) is 4.48 Å². The molecule has 0 saturated carbocycles. The van der Waals surface area contributed by atoms with E-state index >= 15 is 0 Å². The molecule has 0 aliphatic carbocycles. The van der Waals surface area contributed by atoms with Gasteiger partial charge in [-0.05, 0) is 17.7 Å². The third-order valence-corrected chi connectivity index (χ3v) is 1.96. The maximum absolute atomic E-state index is 12.2. The standard InChI is InChI=1S/C11H10FN3O/c12-15-10-3-1-2-9(6-10)8-16-11-7-13-4-5-14-11/h1-7,15H,8H2. The summed E-state index contributed by atoms with van der Waals surface area (Å²) >= 11 is 0. The van der Waals surface area contributed by atoms with Crippen LogP contribution >= 0.6 is 0 Å². The van der Waals surface area contributed by atoms with Crippen molar-refractivity contribution in [1.82, 2.24) is 9.97 Å². The molecule has 0 atom stereocenters. The second-order valence-corrected chi connectivity index (χ2v) is 3.13. The Labute approximate surface area is 92.1 Å². The predicted octanol–water partition coefficient (Wildman–Crippen LogP) is 2.35. The van der Waals surface area contributed by atoms with Gasteiger partial charge in [0, 0.05) is 12.4 Å². The molecule has 0 radical (unpaired) electrons. The number of hydrogen-bond donors (Lipinski definition) is 1. The van der Waals surface area contributed by atoms with Gasteiger partial charge in [-0.3, -0.25) is 4.98 Å². The second kappa shape index (κ2) is 5.06. The SMILES string of the molecule is FNc1cccc(COc2cnccn2)c1. The lowest BCUT2D eigenvalue weighted by Gasteiger charge is -2.05. The van der Waals surface area contributed by atoms with E-state index in [0.29, 0.717) is 18.2 Å². The smallest absolute Gasteiger partial charge is 0.232 e. The van der Waals surface area contributed by atoms with Gasteiger partial charge in [0.15, 0.2) is 0 Å². The molecular weight excluding hydrogens is 209 g/mol. The van der Waals surface area contributed by atoms with Crippen LogP contribution in [0, 0.1) is 0 Å². The average molecular weight is 219 g/mol. The van der Waals surface area contributed by atoms with Crippen molar-refractivity contribution in [1.29, 1.82) is 0 Å². The number of halogens is 1. The van der Waals surface area contributed by atoms with Gasteiger partial charge in [0.25, 0.3) is 0 Å². The summed E-state index contributed by atoms with van der Waals surface area (Å²) in [4.78, 5) is 7.83.